The van der Waals surface area contributed by atoms with E-state index in [1.807, 2.05) is 0 Å². The average molecular weight is 385 g/mol. The number of rotatable bonds is 7. The summed E-state index contributed by atoms with van der Waals surface area (Å²) in [4.78, 5) is 23.8. The first-order valence-electron chi connectivity index (χ1n) is 8.35. The summed E-state index contributed by atoms with van der Waals surface area (Å²) in [5, 5.41) is 2.62. The minimum Gasteiger partial charge on any atom is -0.497 e. The average Bonchev–Trinajstić information content (AvgIpc) is 3.18. The first kappa shape index (κ1) is 19.1. The van der Waals surface area contributed by atoms with Gasteiger partial charge in [0.15, 0.2) is 18.1 Å². The second-order valence-electron chi connectivity index (χ2n) is 5.67. The summed E-state index contributed by atoms with van der Waals surface area (Å²) < 4.78 is 25.8. The van der Waals surface area contributed by atoms with Crippen LogP contribution in [-0.2, 0) is 14.3 Å². The Balaban J connectivity index is 1.51. The van der Waals surface area contributed by atoms with Gasteiger partial charge in [-0.05, 0) is 30.3 Å². The van der Waals surface area contributed by atoms with Crippen LogP contribution in [0.25, 0.3) is 6.08 Å². The van der Waals surface area contributed by atoms with Crippen molar-refractivity contribution in [3.8, 4) is 23.0 Å². The lowest BCUT2D eigenvalue weighted by atomic mass is 10.2. The van der Waals surface area contributed by atoms with Crippen molar-refractivity contribution in [1.29, 1.82) is 0 Å². The summed E-state index contributed by atoms with van der Waals surface area (Å²) in [6.07, 6.45) is 2.76. The highest BCUT2D eigenvalue weighted by Crippen LogP contribution is 2.34. The Morgan fingerprint density at radius 3 is 2.68 bits per heavy atom. The lowest BCUT2D eigenvalue weighted by Crippen LogP contribution is -2.20. The van der Waals surface area contributed by atoms with Gasteiger partial charge in [0, 0.05) is 29.5 Å². The molecule has 0 saturated heterocycles. The molecule has 0 unspecified atom stereocenters. The van der Waals surface area contributed by atoms with E-state index in [0.717, 1.165) is 0 Å². The molecule has 0 bridgehead atoms. The molecule has 0 aliphatic carbocycles. The summed E-state index contributed by atoms with van der Waals surface area (Å²) in [7, 11) is 3.07. The summed E-state index contributed by atoms with van der Waals surface area (Å²) >= 11 is 0. The SMILES string of the molecule is COc1ccc(/C=C/C(=O)OCC(=O)Nc2ccc3c(c2)OCO3)c(OC)c1. The largest absolute Gasteiger partial charge is 0.497 e. The van der Waals surface area contributed by atoms with Crippen molar-refractivity contribution in [2.75, 3.05) is 32.9 Å². The Morgan fingerprint density at radius 2 is 1.89 bits per heavy atom. The van der Waals surface area contributed by atoms with E-state index in [2.05, 4.69) is 5.32 Å². The number of benzene rings is 2. The van der Waals surface area contributed by atoms with Gasteiger partial charge >= 0.3 is 5.97 Å². The second kappa shape index (κ2) is 8.81. The van der Waals surface area contributed by atoms with E-state index in [-0.39, 0.29) is 6.79 Å². The summed E-state index contributed by atoms with van der Waals surface area (Å²) in [5.41, 5.74) is 1.19. The first-order valence-corrected chi connectivity index (χ1v) is 8.35. The number of ether oxygens (including phenoxy) is 5. The Kier molecular flexibility index (Phi) is 6.01. The topological polar surface area (TPSA) is 92.3 Å². The highest BCUT2D eigenvalue weighted by molar-refractivity contribution is 5.95. The van der Waals surface area contributed by atoms with Gasteiger partial charge in [-0.2, -0.15) is 0 Å². The molecule has 2 aromatic carbocycles. The highest BCUT2D eigenvalue weighted by atomic mass is 16.7. The molecule has 2 aromatic rings. The standard InChI is InChI=1S/C20H19NO7/c1-24-15-6-3-13(17(10-15)25-2)4-8-20(23)26-11-19(22)21-14-5-7-16-18(9-14)28-12-27-16/h3-10H,11-12H2,1-2H3,(H,21,22)/b8-4+. The molecule has 0 saturated carbocycles. The van der Waals surface area contributed by atoms with Crippen LogP contribution in [0.2, 0.25) is 0 Å². The molecule has 146 valence electrons. The molecule has 0 radical (unpaired) electrons. The van der Waals surface area contributed by atoms with E-state index in [1.165, 1.54) is 19.3 Å². The van der Waals surface area contributed by atoms with E-state index in [9.17, 15) is 9.59 Å². The van der Waals surface area contributed by atoms with Gasteiger partial charge in [-0.15, -0.1) is 0 Å². The number of carbonyl (C=O) groups excluding carboxylic acids is 2. The maximum atomic E-state index is 11.9. The van der Waals surface area contributed by atoms with Crippen molar-refractivity contribution in [3.63, 3.8) is 0 Å². The molecule has 0 atom stereocenters. The lowest BCUT2D eigenvalue weighted by molar-refractivity contribution is -0.142. The quantitative estimate of drug-likeness (QED) is 0.579. The number of hydrogen-bond acceptors (Lipinski definition) is 7. The molecular weight excluding hydrogens is 366 g/mol. The Labute approximate surface area is 161 Å². The van der Waals surface area contributed by atoms with Gasteiger partial charge in [-0.3, -0.25) is 4.79 Å². The lowest BCUT2D eigenvalue weighted by Gasteiger charge is -2.07. The van der Waals surface area contributed by atoms with E-state index in [0.29, 0.717) is 34.2 Å². The van der Waals surface area contributed by atoms with Crippen molar-refractivity contribution < 1.29 is 33.3 Å². The van der Waals surface area contributed by atoms with Gasteiger partial charge in [0.2, 0.25) is 6.79 Å². The Bertz CT molecular complexity index is 907. The smallest absolute Gasteiger partial charge is 0.331 e. The Morgan fingerprint density at radius 1 is 1.07 bits per heavy atom. The zero-order chi connectivity index (χ0) is 19.9. The van der Waals surface area contributed by atoms with E-state index >= 15 is 0 Å². The summed E-state index contributed by atoms with van der Waals surface area (Å²) in [6.45, 7) is -0.271. The maximum Gasteiger partial charge on any atom is 0.331 e. The van der Waals surface area contributed by atoms with Crippen molar-refractivity contribution in [1.82, 2.24) is 0 Å². The van der Waals surface area contributed by atoms with Crippen LogP contribution in [0.1, 0.15) is 5.56 Å². The molecule has 0 aromatic heterocycles. The molecule has 1 amide bonds. The molecule has 1 aliphatic heterocycles. The van der Waals surface area contributed by atoms with Crippen LogP contribution in [-0.4, -0.2) is 39.5 Å². The minimum absolute atomic E-state index is 0.148. The van der Waals surface area contributed by atoms with Gasteiger partial charge in [0.1, 0.15) is 11.5 Å². The number of amides is 1. The molecule has 1 aliphatic rings. The molecule has 1 heterocycles. The predicted octanol–water partition coefficient (Wildman–Crippen LogP) is 2.63. The number of fused-ring (bicyclic) bond motifs is 1. The fourth-order valence-electron chi connectivity index (χ4n) is 2.47. The van der Waals surface area contributed by atoms with Gasteiger partial charge in [0.25, 0.3) is 5.91 Å². The van der Waals surface area contributed by atoms with Crippen LogP contribution in [0.3, 0.4) is 0 Å². The van der Waals surface area contributed by atoms with Gasteiger partial charge in [-0.25, -0.2) is 4.79 Å². The van der Waals surface area contributed by atoms with E-state index in [1.54, 1.807) is 43.5 Å². The first-order chi connectivity index (χ1) is 13.6. The van der Waals surface area contributed by atoms with Crippen molar-refractivity contribution in [2.24, 2.45) is 0 Å². The van der Waals surface area contributed by atoms with Crippen molar-refractivity contribution in [2.45, 2.75) is 0 Å². The van der Waals surface area contributed by atoms with Crippen molar-refractivity contribution in [3.05, 3.63) is 48.0 Å². The van der Waals surface area contributed by atoms with Gasteiger partial charge in [-0.1, -0.05) is 0 Å². The van der Waals surface area contributed by atoms with Crippen LogP contribution in [0.4, 0.5) is 5.69 Å². The van der Waals surface area contributed by atoms with Crippen LogP contribution in [0.15, 0.2) is 42.5 Å². The molecule has 8 nitrogen and oxygen atoms in total. The monoisotopic (exact) mass is 385 g/mol. The van der Waals surface area contributed by atoms with Crippen LogP contribution in [0, 0.1) is 0 Å². The fourth-order valence-corrected chi connectivity index (χ4v) is 2.47. The molecular formula is C20H19NO7. The minimum atomic E-state index is -0.654. The number of nitrogens with one attached hydrogen (secondary N) is 1. The summed E-state index contributed by atoms with van der Waals surface area (Å²) in [6, 6.07) is 10.2. The van der Waals surface area contributed by atoms with Crippen LogP contribution in [0.5, 0.6) is 23.0 Å². The predicted molar refractivity (Wildman–Crippen MR) is 101 cm³/mol. The fraction of sp³-hybridized carbons (Fsp3) is 0.200. The second-order valence-corrected chi connectivity index (χ2v) is 5.67. The third-order valence-corrected chi connectivity index (χ3v) is 3.84. The molecule has 28 heavy (non-hydrogen) atoms. The number of esters is 1. The van der Waals surface area contributed by atoms with Crippen molar-refractivity contribution >= 4 is 23.6 Å². The van der Waals surface area contributed by atoms with E-state index in [4.69, 9.17) is 23.7 Å². The number of anilines is 1. The van der Waals surface area contributed by atoms with Gasteiger partial charge in [0.05, 0.1) is 14.2 Å². The van der Waals surface area contributed by atoms with Crippen LogP contribution >= 0.6 is 0 Å². The molecule has 1 N–H and O–H groups in total. The molecule has 3 rings (SSSR count). The van der Waals surface area contributed by atoms with Gasteiger partial charge < -0.3 is 29.0 Å². The maximum absolute atomic E-state index is 11.9. The third-order valence-electron chi connectivity index (χ3n) is 3.84. The van der Waals surface area contributed by atoms with Crippen LogP contribution < -0.4 is 24.3 Å². The summed E-state index contributed by atoms with van der Waals surface area (Å²) in [5.74, 6) is 1.22. The molecule has 0 spiro atoms. The molecule has 0 fully saturated rings. The van der Waals surface area contributed by atoms with E-state index < -0.39 is 18.5 Å². The number of hydrogen-bond donors (Lipinski definition) is 1. The Hall–Kier alpha value is -3.68. The highest BCUT2D eigenvalue weighted by Gasteiger charge is 2.14. The number of methoxy groups -OCH3 is 2. The molecule has 8 heteroatoms. The number of carbonyl (C=O) groups is 2. The zero-order valence-electron chi connectivity index (χ0n) is 15.4. The third kappa shape index (κ3) is 4.73. The normalized spacial score (nSPS) is 11.9. The zero-order valence-corrected chi connectivity index (χ0v) is 15.4.